The summed E-state index contributed by atoms with van der Waals surface area (Å²) in [5, 5.41) is 11.4. The number of rotatable bonds is 7. The van der Waals surface area contributed by atoms with Crippen molar-refractivity contribution in [3.8, 4) is 0 Å². The van der Waals surface area contributed by atoms with Gasteiger partial charge in [-0.2, -0.15) is 0 Å². The molecule has 0 heterocycles. The molecule has 0 bridgehead atoms. The summed E-state index contributed by atoms with van der Waals surface area (Å²) in [5.74, 6) is -2.17. The first kappa shape index (κ1) is 17.6. The molecular weight excluding hydrogens is 362 g/mol. The molecule has 0 saturated heterocycles. The van der Waals surface area contributed by atoms with Crippen molar-refractivity contribution >= 4 is 37.6 Å². The highest BCUT2D eigenvalue weighted by molar-refractivity contribution is 9.10. The van der Waals surface area contributed by atoms with Crippen molar-refractivity contribution in [2.45, 2.75) is 19.4 Å². The molecule has 0 saturated carbocycles. The number of halogens is 1. The minimum Gasteiger partial charge on any atom is -0.480 e. The van der Waals surface area contributed by atoms with Crippen LogP contribution >= 0.6 is 15.9 Å². The molecule has 0 aliphatic carbocycles. The highest BCUT2D eigenvalue weighted by atomic mass is 79.9. The Hall–Kier alpha value is -1.41. The normalized spacial score (nSPS) is 12.7. The summed E-state index contributed by atoms with van der Waals surface area (Å²) in [6, 6.07) is 5.33. The molecule has 116 valence electrons. The zero-order valence-electron chi connectivity index (χ0n) is 11.4. The van der Waals surface area contributed by atoms with Gasteiger partial charge in [0.25, 0.3) is 5.91 Å². The fourth-order valence-electron chi connectivity index (χ4n) is 1.58. The molecule has 1 rings (SSSR count). The van der Waals surface area contributed by atoms with Crippen LogP contribution in [0.3, 0.4) is 0 Å². The Morgan fingerprint density at radius 3 is 2.48 bits per heavy atom. The van der Waals surface area contributed by atoms with E-state index in [2.05, 4.69) is 21.2 Å². The molecule has 0 radical (unpaired) electrons. The van der Waals surface area contributed by atoms with Crippen LogP contribution in [0.25, 0.3) is 0 Å². The first-order valence-electron chi connectivity index (χ1n) is 6.25. The van der Waals surface area contributed by atoms with Crippen LogP contribution in [0.1, 0.15) is 23.7 Å². The van der Waals surface area contributed by atoms with Gasteiger partial charge in [-0.15, -0.1) is 0 Å². The van der Waals surface area contributed by atoms with Crippen LogP contribution in [0.4, 0.5) is 0 Å². The van der Waals surface area contributed by atoms with Crippen LogP contribution in [0.5, 0.6) is 0 Å². The number of carbonyl (C=O) groups is 2. The fourth-order valence-corrected chi connectivity index (χ4v) is 2.93. The van der Waals surface area contributed by atoms with E-state index in [0.717, 1.165) is 0 Å². The number of carbonyl (C=O) groups excluding carboxylic acids is 1. The molecule has 0 aliphatic rings. The quantitative estimate of drug-likeness (QED) is 0.748. The summed E-state index contributed by atoms with van der Waals surface area (Å²) in [7, 11) is -3.28. The van der Waals surface area contributed by atoms with E-state index in [1.165, 1.54) is 6.92 Å². The van der Waals surface area contributed by atoms with Crippen molar-refractivity contribution in [3.05, 3.63) is 34.3 Å². The summed E-state index contributed by atoms with van der Waals surface area (Å²) in [6.45, 7) is 1.49. The van der Waals surface area contributed by atoms with E-state index in [4.69, 9.17) is 5.11 Å². The maximum absolute atomic E-state index is 12.0. The predicted molar refractivity (Wildman–Crippen MR) is 82.0 cm³/mol. The van der Waals surface area contributed by atoms with Gasteiger partial charge in [-0.3, -0.25) is 4.79 Å². The number of hydrogen-bond donors (Lipinski definition) is 2. The number of amides is 1. The van der Waals surface area contributed by atoms with Gasteiger partial charge in [0, 0.05) is 10.2 Å². The van der Waals surface area contributed by atoms with Crippen LogP contribution in [-0.2, 0) is 14.6 Å². The molecule has 1 aromatic carbocycles. The molecule has 0 aromatic heterocycles. The predicted octanol–water partition coefficient (Wildman–Crippen LogP) is 1.46. The average molecular weight is 378 g/mol. The Morgan fingerprint density at radius 2 is 1.95 bits per heavy atom. The Morgan fingerprint density at radius 1 is 1.33 bits per heavy atom. The van der Waals surface area contributed by atoms with E-state index in [1.807, 2.05) is 0 Å². The highest BCUT2D eigenvalue weighted by Crippen LogP contribution is 2.16. The Kier molecular flexibility index (Phi) is 6.35. The van der Waals surface area contributed by atoms with Gasteiger partial charge in [0.15, 0.2) is 0 Å². The van der Waals surface area contributed by atoms with Gasteiger partial charge in [-0.1, -0.05) is 19.1 Å². The van der Waals surface area contributed by atoms with Gasteiger partial charge in [-0.25, -0.2) is 13.2 Å². The van der Waals surface area contributed by atoms with E-state index < -0.39 is 27.8 Å². The summed E-state index contributed by atoms with van der Waals surface area (Å²) >= 11 is 3.20. The third kappa shape index (κ3) is 5.47. The number of carboxylic acids is 1. The average Bonchev–Trinajstić information content (AvgIpc) is 2.43. The van der Waals surface area contributed by atoms with Gasteiger partial charge in [0.2, 0.25) is 0 Å². The molecule has 2 N–H and O–H groups in total. The molecule has 8 heteroatoms. The second-order valence-corrected chi connectivity index (χ2v) is 7.70. The van der Waals surface area contributed by atoms with E-state index in [-0.39, 0.29) is 17.9 Å². The van der Waals surface area contributed by atoms with Crippen LogP contribution in [0, 0.1) is 0 Å². The number of aliphatic carboxylic acids is 1. The van der Waals surface area contributed by atoms with Crippen LogP contribution < -0.4 is 5.32 Å². The molecule has 0 aliphatic heterocycles. The zero-order valence-corrected chi connectivity index (χ0v) is 13.8. The Bertz CT molecular complexity index is 629. The van der Waals surface area contributed by atoms with Gasteiger partial charge in [0.1, 0.15) is 15.9 Å². The summed E-state index contributed by atoms with van der Waals surface area (Å²) in [5.41, 5.74) is 0.294. The Balaban J connectivity index is 2.78. The number of sulfone groups is 1. The smallest absolute Gasteiger partial charge is 0.326 e. The fraction of sp³-hybridized carbons (Fsp3) is 0.385. The standard InChI is InChI=1S/C13H16BrNO5S/c1-2-21(19,20)8-7-11(13(17)18)15-12(16)9-5-3-4-6-10(9)14/h3-6,11H,2,7-8H2,1H3,(H,15,16)(H,17,18). The molecule has 1 aromatic rings. The molecule has 21 heavy (non-hydrogen) atoms. The molecule has 0 fully saturated rings. The molecule has 1 amide bonds. The monoisotopic (exact) mass is 377 g/mol. The highest BCUT2D eigenvalue weighted by Gasteiger charge is 2.23. The molecule has 1 unspecified atom stereocenters. The first-order chi connectivity index (χ1) is 9.76. The van der Waals surface area contributed by atoms with Crippen LogP contribution in [0.15, 0.2) is 28.7 Å². The van der Waals surface area contributed by atoms with Gasteiger partial charge in [-0.05, 0) is 34.5 Å². The molecular formula is C13H16BrNO5S. The summed E-state index contributed by atoms with van der Waals surface area (Å²) in [4.78, 5) is 23.2. The maximum atomic E-state index is 12.0. The SMILES string of the molecule is CCS(=O)(=O)CCC(NC(=O)c1ccccc1Br)C(=O)O. The van der Waals surface area contributed by atoms with Crippen LogP contribution in [-0.4, -0.2) is 42.9 Å². The first-order valence-corrected chi connectivity index (χ1v) is 8.87. The van der Waals surface area contributed by atoms with E-state index >= 15 is 0 Å². The van der Waals surface area contributed by atoms with Gasteiger partial charge >= 0.3 is 5.97 Å². The zero-order chi connectivity index (χ0) is 16.0. The van der Waals surface area contributed by atoms with E-state index in [0.29, 0.717) is 10.0 Å². The lowest BCUT2D eigenvalue weighted by molar-refractivity contribution is -0.139. The maximum Gasteiger partial charge on any atom is 0.326 e. The lowest BCUT2D eigenvalue weighted by Crippen LogP contribution is -2.42. The van der Waals surface area contributed by atoms with E-state index in [9.17, 15) is 18.0 Å². The summed E-state index contributed by atoms with van der Waals surface area (Å²) in [6.07, 6.45) is -0.165. The second kappa shape index (κ2) is 7.56. The number of carboxylic acid groups (broad SMARTS) is 1. The van der Waals surface area contributed by atoms with Crippen molar-refractivity contribution in [1.82, 2.24) is 5.32 Å². The largest absolute Gasteiger partial charge is 0.480 e. The lowest BCUT2D eigenvalue weighted by atomic mass is 10.1. The van der Waals surface area contributed by atoms with E-state index in [1.54, 1.807) is 24.3 Å². The minimum atomic E-state index is -3.28. The van der Waals surface area contributed by atoms with Crippen molar-refractivity contribution in [2.75, 3.05) is 11.5 Å². The Labute approximate surface area is 131 Å². The second-order valence-electron chi connectivity index (χ2n) is 4.37. The topological polar surface area (TPSA) is 101 Å². The minimum absolute atomic E-state index is 0.0580. The van der Waals surface area contributed by atoms with Gasteiger partial charge in [0.05, 0.1) is 11.3 Å². The number of hydrogen-bond acceptors (Lipinski definition) is 4. The summed E-state index contributed by atoms with van der Waals surface area (Å²) < 4.78 is 23.4. The van der Waals surface area contributed by atoms with Gasteiger partial charge < -0.3 is 10.4 Å². The molecule has 6 nitrogen and oxygen atoms in total. The van der Waals surface area contributed by atoms with Crippen molar-refractivity contribution in [2.24, 2.45) is 0 Å². The van der Waals surface area contributed by atoms with Crippen molar-refractivity contribution < 1.29 is 23.1 Å². The third-order valence-corrected chi connectivity index (χ3v) is 5.31. The number of benzene rings is 1. The third-order valence-electron chi connectivity index (χ3n) is 2.88. The molecule has 1 atom stereocenters. The van der Waals surface area contributed by atoms with Crippen LogP contribution in [0.2, 0.25) is 0 Å². The molecule has 0 spiro atoms. The number of nitrogens with one attached hydrogen (secondary N) is 1. The van der Waals surface area contributed by atoms with Crippen molar-refractivity contribution in [3.63, 3.8) is 0 Å². The lowest BCUT2D eigenvalue weighted by Gasteiger charge is -2.15. The van der Waals surface area contributed by atoms with Crippen molar-refractivity contribution in [1.29, 1.82) is 0 Å².